The molecule has 7 nitrogen and oxygen atoms in total. The molecule has 0 atom stereocenters. The fourth-order valence-electron chi connectivity index (χ4n) is 3.57. The molecule has 0 spiro atoms. The van der Waals surface area contributed by atoms with E-state index in [-0.39, 0.29) is 17.6 Å². The lowest BCUT2D eigenvalue weighted by molar-refractivity contribution is 0.0209. The minimum atomic E-state index is -0.263. The summed E-state index contributed by atoms with van der Waals surface area (Å²) in [5.41, 5.74) is 1.43. The number of rotatable bonds is 6. The second-order valence-corrected chi connectivity index (χ2v) is 7.18. The fraction of sp³-hybridized carbons (Fsp3) is 0.632. The van der Waals surface area contributed by atoms with Gasteiger partial charge in [-0.15, -0.1) is 0 Å². The maximum Gasteiger partial charge on any atom is 0.334 e. The standard InChI is InChI=1S/C19H28N4O3/c1-4-5-10-26-15-8-6-14(7-9-15)21-18(24)16-11-20-17-13(2)12-22(3)19(25)23(16)17/h11-12,14-15H,4-10H2,1-3H3,(H,21,24)/t14-,15-. The van der Waals surface area contributed by atoms with Crippen molar-refractivity contribution in [2.45, 2.75) is 64.5 Å². The first kappa shape index (κ1) is 18.6. The lowest BCUT2D eigenvalue weighted by Crippen LogP contribution is -2.40. The van der Waals surface area contributed by atoms with Gasteiger partial charge in [0.1, 0.15) is 11.3 Å². The molecule has 26 heavy (non-hydrogen) atoms. The first-order valence-corrected chi connectivity index (χ1v) is 9.47. The average molecular weight is 360 g/mol. The Hall–Kier alpha value is -2.15. The van der Waals surface area contributed by atoms with Crippen LogP contribution in [0.1, 0.15) is 61.5 Å². The highest BCUT2D eigenvalue weighted by Gasteiger charge is 2.25. The third-order valence-corrected chi connectivity index (χ3v) is 5.09. The minimum absolute atomic E-state index is 0.118. The molecule has 0 unspecified atom stereocenters. The first-order valence-electron chi connectivity index (χ1n) is 9.47. The largest absolute Gasteiger partial charge is 0.378 e. The Balaban J connectivity index is 1.65. The molecule has 1 N–H and O–H groups in total. The third-order valence-electron chi connectivity index (χ3n) is 5.09. The number of ether oxygens (including phenoxy) is 1. The van der Waals surface area contributed by atoms with E-state index in [0.29, 0.717) is 17.4 Å². The van der Waals surface area contributed by atoms with Crippen LogP contribution >= 0.6 is 0 Å². The van der Waals surface area contributed by atoms with Gasteiger partial charge in [-0.3, -0.25) is 4.79 Å². The molecule has 1 aliphatic rings. The number of carbonyl (C=O) groups is 1. The van der Waals surface area contributed by atoms with Gasteiger partial charge >= 0.3 is 5.69 Å². The van der Waals surface area contributed by atoms with Crippen LogP contribution in [0.2, 0.25) is 0 Å². The molecule has 1 amide bonds. The van der Waals surface area contributed by atoms with Crippen LogP contribution in [0, 0.1) is 6.92 Å². The van der Waals surface area contributed by atoms with Gasteiger partial charge in [-0.05, 0) is 39.0 Å². The van der Waals surface area contributed by atoms with Gasteiger partial charge < -0.3 is 14.6 Å². The lowest BCUT2D eigenvalue weighted by Gasteiger charge is -2.29. The summed E-state index contributed by atoms with van der Waals surface area (Å²) in [5.74, 6) is -0.240. The first-order chi connectivity index (χ1) is 12.5. The Labute approximate surface area is 153 Å². The van der Waals surface area contributed by atoms with E-state index in [1.54, 1.807) is 13.2 Å². The number of hydrogen-bond acceptors (Lipinski definition) is 4. The van der Waals surface area contributed by atoms with Gasteiger partial charge in [0.05, 0.1) is 12.3 Å². The summed E-state index contributed by atoms with van der Waals surface area (Å²) in [6.07, 6.45) is 9.48. The molecule has 7 heteroatoms. The van der Waals surface area contributed by atoms with E-state index in [0.717, 1.165) is 50.7 Å². The van der Waals surface area contributed by atoms with E-state index in [1.165, 1.54) is 15.2 Å². The zero-order chi connectivity index (χ0) is 18.7. The summed E-state index contributed by atoms with van der Waals surface area (Å²) in [7, 11) is 1.68. The molecule has 2 aromatic heterocycles. The second kappa shape index (κ2) is 8.03. The maximum atomic E-state index is 12.7. The van der Waals surface area contributed by atoms with Crippen LogP contribution in [0.15, 0.2) is 17.2 Å². The van der Waals surface area contributed by atoms with Crippen molar-refractivity contribution in [3.05, 3.63) is 34.1 Å². The molecule has 0 saturated heterocycles. The van der Waals surface area contributed by atoms with Gasteiger partial charge in [0.15, 0.2) is 0 Å². The molecule has 0 bridgehead atoms. The van der Waals surface area contributed by atoms with Crippen LogP contribution in [0.4, 0.5) is 0 Å². The van der Waals surface area contributed by atoms with Crippen molar-refractivity contribution in [1.29, 1.82) is 0 Å². The summed E-state index contributed by atoms with van der Waals surface area (Å²) in [5, 5.41) is 3.06. The highest BCUT2D eigenvalue weighted by atomic mass is 16.5. The molecule has 0 aromatic carbocycles. The monoisotopic (exact) mass is 360 g/mol. The Morgan fingerprint density at radius 1 is 1.35 bits per heavy atom. The molecule has 0 radical (unpaired) electrons. The lowest BCUT2D eigenvalue weighted by atomic mass is 9.93. The van der Waals surface area contributed by atoms with Crippen LogP contribution < -0.4 is 11.0 Å². The summed E-state index contributed by atoms with van der Waals surface area (Å²) >= 11 is 0. The van der Waals surface area contributed by atoms with E-state index in [9.17, 15) is 9.59 Å². The van der Waals surface area contributed by atoms with Gasteiger partial charge in [-0.2, -0.15) is 0 Å². The number of fused-ring (bicyclic) bond motifs is 1. The number of aryl methyl sites for hydroxylation is 2. The molecule has 0 aliphatic heterocycles. The van der Waals surface area contributed by atoms with Gasteiger partial charge in [-0.25, -0.2) is 14.2 Å². The van der Waals surface area contributed by atoms with Gasteiger partial charge in [0, 0.05) is 31.5 Å². The topological polar surface area (TPSA) is 77.6 Å². The predicted octanol–water partition coefficient (Wildman–Crippen LogP) is 2.20. The van der Waals surface area contributed by atoms with Gasteiger partial charge in [0.25, 0.3) is 5.91 Å². The van der Waals surface area contributed by atoms with Crippen LogP contribution in [0.3, 0.4) is 0 Å². The zero-order valence-corrected chi connectivity index (χ0v) is 15.8. The summed E-state index contributed by atoms with van der Waals surface area (Å²) < 4.78 is 8.74. The SMILES string of the molecule is CCCCO[C@H]1CC[C@H](NC(=O)c2cnc3c(C)cn(C)c(=O)n23)CC1. The summed E-state index contributed by atoms with van der Waals surface area (Å²) in [6.45, 7) is 4.86. The van der Waals surface area contributed by atoms with E-state index in [4.69, 9.17) is 4.74 Å². The molecular formula is C19H28N4O3. The molecule has 2 aromatic rings. The Kier molecular flexibility index (Phi) is 5.76. The van der Waals surface area contributed by atoms with E-state index < -0.39 is 0 Å². The van der Waals surface area contributed by atoms with E-state index in [2.05, 4.69) is 17.2 Å². The van der Waals surface area contributed by atoms with Crippen molar-refractivity contribution in [2.24, 2.45) is 7.05 Å². The average Bonchev–Trinajstić information content (AvgIpc) is 3.07. The number of carbonyl (C=O) groups excluding carboxylic acids is 1. The second-order valence-electron chi connectivity index (χ2n) is 7.18. The van der Waals surface area contributed by atoms with Crippen molar-refractivity contribution in [3.63, 3.8) is 0 Å². The molecule has 2 heterocycles. The quantitative estimate of drug-likeness (QED) is 0.801. The van der Waals surface area contributed by atoms with Crippen LogP contribution in [0.5, 0.6) is 0 Å². The molecule has 142 valence electrons. The van der Waals surface area contributed by atoms with Crippen LogP contribution in [-0.4, -0.2) is 38.6 Å². The number of imidazole rings is 1. The number of amides is 1. The Morgan fingerprint density at radius 3 is 2.77 bits per heavy atom. The van der Waals surface area contributed by atoms with Gasteiger partial charge in [0.2, 0.25) is 0 Å². The summed E-state index contributed by atoms with van der Waals surface area (Å²) in [4.78, 5) is 29.4. The smallest absolute Gasteiger partial charge is 0.334 e. The molecular weight excluding hydrogens is 332 g/mol. The number of hydrogen-bond donors (Lipinski definition) is 1. The summed E-state index contributed by atoms with van der Waals surface area (Å²) in [6, 6.07) is 0.118. The van der Waals surface area contributed by atoms with Gasteiger partial charge in [-0.1, -0.05) is 13.3 Å². The normalized spacial score (nSPS) is 20.4. The number of unbranched alkanes of at least 4 members (excludes halogenated alkanes) is 1. The van der Waals surface area contributed by atoms with Crippen molar-refractivity contribution >= 4 is 11.6 Å². The Morgan fingerprint density at radius 2 is 2.08 bits per heavy atom. The van der Waals surface area contributed by atoms with E-state index in [1.807, 2.05) is 6.92 Å². The minimum Gasteiger partial charge on any atom is -0.378 e. The maximum absolute atomic E-state index is 12.7. The number of nitrogens with one attached hydrogen (secondary N) is 1. The molecule has 1 saturated carbocycles. The molecule has 1 aliphatic carbocycles. The van der Waals surface area contributed by atoms with Crippen molar-refractivity contribution in [3.8, 4) is 0 Å². The van der Waals surface area contributed by atoms with Crippen LogP contribution in [-0.2, 0) is 11.8 Å². The van der Waals surface area contributed by atoms with Crippen molar-refractivity contribution < 1.29 is 9.53 Å². The van der Waals surface area contributed by atoms with Crippen LogP contribution in [0.25, 0.3) is 5.65 Å². The number of nitrogens with zero attached hydrogens (tertiary/aromatic N) is 3. The highest BCUT2D eigenvalue weighted by Crippen LogP contribution is 2.22. The zero-order valence-electron chi connectivity index (χ0n) is 15.8. The highest BCUT2D eigenvalue weighted by molar-refractivity contribution is 5.93. The van der Waals surface area contributed by atoms with Crippen molar-refractivity contribution in [2.75, 3.05) is 6.61 Å². The molecule has 1 fully saturated rings. The molecule has 3 rings (SSSR count). The fourth-order valence-corrected chi connectivity index (χ4v) is 3.57. The Bertz CT molecular complexity index is 831. The van der Waals surface area contributed by atoms with E-state index >= 15 is 0 Å². The number of aromatic nitrogens is 3. The third kappa shape index (κ3) is 3.82. The predicted molar refractivity (Wildman–Crippen MR) is 99.5 cm³/mol. The van der Waals surface area contributed by atoms with Crippen molar-refractivity contribution in [1.82, 2.24) is 19.3 Å².